The van der Waals surface area contributed by atoms with Crippen LogP contribution in [0, 0.1) is 0 Å². The van der Waals surface area contributed by atoms with E-state index in [1.165, 1.54) is 25.8 Å². The minimum Gasteiger partial charge on any atom is -0.377 e. The molecule has 16 heavy (non-hydrogen) atoms. The Bertz CT molecular complexity index is 176. The van der Waals surface area contributed by atoms with E-state index in [1.807, 2.05) is 0 Å². The van der Waals surface area contributed by atoms with Crippen LogP contribution in [0.4, 0.5) is 0 Å². The monoisotopic (exact) mass is 250 g/mol. The van der Waals surface area contributed by atoms with Gasteiger partial charge in [0.15, 0.2) is 0 Å². The van der Waals surface area contributed by atoms with Crippen molar-refractivity contribution in [3.63, 3.8) is 0 Å². The number of hydrogen-bond acceptors (Lipinski definition) is 3. The molecular formula is C12H27ClN2O. The highest BCUT2D eigenvalue weighted by atomic mass is 35.5. The maximum atomic E-state index is 6.01. The van der Waals surface area contributed by atoms with Gasteiger partial charge in [-0.3, -0.25) is 4.90 Å². The predicted molar refractivity (Wildman–Crippen MR) is 71.2 cm³/mol. The van der Waals surface area contributed by atoms with E-state index in [2.05, 4.69) is 25.7 Å². The Morgan fingerprint density at radius 2 is 2.00 bits per heavy atom. The van der Waals surface area contributed by atoms with Crippen molar-refractivity contribution in [2.45, 2.75) is 58.2 Å². The standard InChI is InChI=1S/C12H26N2O.ClH/c1-10(2)15-9-8-14-7-5-4-6-12(14)11(3)13;/h10-12H,4-9,13H2,1-3H3;1H. The molecule has 0 aromatic carbocycles. The molecule has 2 unspecified atom stereocenters. The lowest BCUT2D eigenvalue weighted by Crippen LogP contribution is -2.50. The fraction of sp³-hybridized carbons (Fsp3) is 1.00. The molecule has 1 saturated heterocycles. The molecule has 0 aromatic heterocycles. The van der Waals surface area contributed by atoms with Crippen LogP contribution in [-0.4, -0.2) is 42.8 Å². The zero-order chi connectivity index (χ0) is 11.3. The molecule has 1 fully saturated rings. The van der Waals surface area contributed by atoms with Gasteiger partial charge in [0.05, 0.1) is 12.7 Å². The molecule has 3 nitrogen and oxygen atoms in total. The van der Waals surface area contributed by atoms with Gasteiger partial charge in [-0.05, 0) is 40.2 Å². The fourth-order valence-corrected chi connectivity index (χ4v) is 2.30. The number of nitrogens with two attached hydrogens (primary N) is 1. The van der Waals surface area contributed by atoms with Crippen LogP contribution in [0.5, 0.6) is 0 Å². The first kappa shape index (κ1) is 16.2. The van der Waals surface area contributed by atoms with Crippen molar-refractivity contribution >= 4 is 12.4 Å². The van der Waals surface area contributed by atoms with Gasteiger partial charge in [0, 0.05) is 18.6 Å². The third-order valence-corrected chi connectivity index (χ3v) is 3.10. The molecule has 1 aliphatic heterocycles. The lowest BCUT2D eigenvalue weighted by Gasteiger charge is -2.38. The number of rotatable bonds is 5. The van der Waals surface area contributed by atoms with Crippen LogP contribution in [0.1, 0.15) is 40.0 Å². The average molecular weight is 251 g/mol. The molecule has 0 aromatic rings. The molecule has 2 N–H and O–H groups in total. The second-order valence-corrected chi connectivity index (χ2v) is 4.88. The van der Waals surface area contributed by atoms with Crippen molar-refractivity contribution in [1.29, 1.82) is 0 Å². The van der Waals surface area contributed by atoms with Crippen LogP contribution >= 0.6 is 12.4 Å². The van der Waals surface area contributed by atoms with Crippen LogP contribution in [0.3, 0.4) is 0 Å². The van der Waals surface area contributed by atoms with Crippen LogP contribution in [-0.2, 0) is 4.74 Å². The first-order chi connectivity index (χ1) is 7.11. The summed E-state index contributed by atoms with van der Waals surface area (Å²) in [6, 6.07) is 0.846. The summed E-state index contributed by atoms with van der Waals surface area (Å²) in [4.78, 5) is 2.50. The maximum absolute atomic E-state index is 6.01. The zero-order valence-corrected chi connectivity index (χ0v) is 11.6. The van der Waals surface area contributed by atoms with Crippen LogP contribution in [0.2, 0.25) is 0 Å². The molecule has 1 heterocycles. The van der Waals surface area contributed by atoms with Gasteiger partial charge in [-0.1, -0.05) is 6.42 Å². The maximum Gasteiger partial charge on any atom is 0.0597 e. The average Bonchev–Trinajstić information content (AvgIpc) is 2.17. The minimum atomic E-state index is 0. The van der Waals surface area contributed by atoms with E-state index in [-0.39, 0.29) is 18.4 Å². The van der Waals surface area contributed by atoms with Gasteiger partial charge in [-0.2, -0.15) is 0 Å². The Kier molecular flexibility index (Phi) is 8.38. The second-order valence-electron chi connectivity index (χ2n) is 4.88. The van der Waals surface area contributed by atoms with E-state index in [0.717, 1.165) is 13.2 Å². The van der Waals surface area contributed by atoms with Gasteiger partial charge in [0.25, 0.3) is 0 Å². The van der Waals surface area contributed by atoms with Gasteiger partial charge in [0.1, 0.15) is 0 Å². The summed E-state index contributed by atoms with van der Waals surface area (Å²) in [6.07, 6.45) is 4.22. The molecule has 98 valence electrons. The lowest BCUT2D eigenvalue weighted by molar-refractivity contribution is 0.0364. The third-order valence-electron chi connectivity index (χ3n) is 3.10. The summed E-state index contributed by atoms with van der Waals surface area (Å²) in [5.74, 6) is 0. The van der Waals surface area contributed by atoms with Crippen molar-refractivity contribution in [3.05, 3.63) is 0 Å². The highest BCUT2D eigenvalue weighted by molar-refractivity contribution is 5.85. The molecule has 0 saturated carbocycles. The highest BCUT2D eigenvalue weighted by Crippen LogP contribution is 2.18. The number of piperidine rings is 1. The number of nitrogens with zero attached hydrogens (tertiary/aromatic N) is 1. The predicted octanol–water partition coefficient (Wildman–Crippen LogP) is 2.03. The molecule has 2 atom stereocenters. The molecule has 4 heteroatoms. The first-order valence-electron chi connectivity index (χ1n) is 6.22. The molecule has 0 radical (unpaired) electrons. The third kappa shape index (κ3) is 5.48. The van der Waals surface area contributed by atoms with Crippen molar-refractivity contribution in [3.8, 4) is 0 Å². The molecule has 0 bridgehead atoms. The van der Waals surface area contributed by atoms with Crippen molar-refractivity contribution in [2.75, 3.05) is 19.7 Å². The van der Waals surface area contributed by atoms with Crippen LogP contribution < -0.4 is 5.73 Å². The number of likely N-dealkylation sites (tertiary alicyclic amines) is 1. The van der Waals surface area contributed by atoms with E-state index in [9.17, 15) is 0 Å². The van der Waals surface area contributed by atoms with Crippen LogP contribution in [0.15, 0.2) is 0 Å². The smallest absolute Gasteiger partial charge is 0.0597 e. The topological polar surface area (TPSA) is 38.5 Å². The Hall–Kier alpha value is 0.170. The van der Waals surface area contributed by atoms with Gasteiger partial charge in [-0.25, -0.2) is 0 Å². The van der Waals surface area contributed by atoms with E-state index < -0.39 is 0 Å². The van der Waals surface area contributed by atoms with Gasteiger partial charge < -0.3 is 10.5 Å². The molecule has 1 aliphatic rings. The van der Waals surface area contributed by atoms with Crippen LogP contribution in [0.25, 0.3) is 0 Å². The van der Waals surface area contributed by atoms with E-state index in [1.54, 1.807) is 0 Å². The Morgan fingerprint density at radius 3 is 2.56 bits per heavy atom. The molecule has 1 rings (SSSR count). The van der Waals surface area contributed by atoms with E-state index in [0.29, 0.717) is 12.1 Å². The summed E-state index contributed by atoms with van der Waals surface area (Å²) in [7, 11) is 0. The highest BCUT2D eigenvalue weighted by Gasteiger charge is 2.24. The van der Waals surface area contributed by atoms with Gasteiger partial charge >= 0.3 is 0 Å². The van der Waals surface area contributed by atoms with Gasteiger partial charge in [-0.15, -0.1) is 12.4 Å². The Labute approximate surface area is 106 Å². The summed E-state index contributed by atoms with van der Waals surface area (Å²) in [5, 5.41) is 0. The molecule has 0 spiro atoms. The molecule has 0 aliphatic carbocycles. The number of ether oxygens (including phenoxy) is 1. The van der Waals surface area contributed by atoms with Crippen molar-refractivity contribution in [1.82, 2.24) is 4.90 Å². The SMILES string of the molecule is CC(C)OCCN1CCCCC1C(C)N.Cl. The normalized spacial score (nSPS) is 24.2. The Morgan fingerprint density at radius 1 is 1.31 bits per heavy atom. The molecular weight excluding hydrogens is 224 g/mol. The summed E-state index contributed by atoms with van der Waals surface area (Å²) < 4.78 is 5.59. The first-order valence-corrected chi connectivity index (χ1v) is 6.22. The second kappa shape index (κ2) is 8.29. The number of hydrogen-bond donors (Lipinski definition) is 1. The summed E-state index contributed by atoms with van der Waals surface area (Å²) >= 11 is 0. The zero-order valence-electron chi connectivity index (χ0n) is 10.8. The quantitative estimate of drug-likeness (QED) is 0.812. The lowest BCUT2D eigenvalue weighted by atomic mass is 9.97. The summed E-state index contributed by atoms with van der Waals surface area (Å²) in [6.45, 7) is 9.34. The number of halogens is 1. The van der Waals surface area contributed by atoms with E-state index in [4.69, 9.17) is 10.5 Å². The fourth-order valence-electron chi connectivity index (χ4n) is 2.30. The largest absolute Gasteiger partial charge is 0.377 e. The Balaban J connectivity index is 0.00000225. The van der Waals surface area contributed by atoms with E-state index >= 15 is 0 Å². The van der Waals surface area contributed by atoms with Crippen molar-refractivity contribution in [2.24, 2.45) is 5.73 Å². The molecule has 0 amide bonds. The summed E-state index contributed by atoms with van der Waals surface area (Å²) in [5.41, 5.74) is 6.01. The minimum absolute atomic E-state index is 0. The van der Waals surface area contributed by atoms with Crippen molar-refractivity contribution < 1.29 is 4.74 Å². The van der Waals surface area contributed by atoms with Gasteiger partial charge in [0.2, 0.25) is 0 Å².